The van der Waals surface area contributed by atoms with E-state index in [4.69, 9.17) is 14.2 Å². The molecule has 0 aliphatic carbocycles. The number of benzene rings is 1. The van der Waals surface area contributed by atoms with Crippen molar-refractivity contribution in [3.63, 3.8) is 0 Å². The number of hydrogen-bond acceptors (Lipinski definition) is 8. The lowest BCUT2D eigenvalue weighted by Crippen LogP contribution is -2.05. The zero-order chi connectivity index (χ0) is 15.8. The fraction of sp³-hybridized carbons (Fsp3) is 0.200. The van der Waals surface area contributed by atoms with Crippen molar-refractivity contribution in [2.45, 2.75) is 6.92 Å². The average Bonchev–Trinajstić information content (AvgIpc) is 3.23. The number of carbonyl (C=O) groups is 1. The van der Waals surface area contributed by atoms with Gasteiger partial charge in [-0.3, -0.25) is 0 Å². The Labute approximate surface area is 139 Å². The third kappa shape index (κ3) is 2.60. The van der Waals surface area contributed by atoms with Crippen LogP contribution in [0.15, 0.2) is 23.6 Å². The van der Waals surface area contributed by atoms with Gasteiger partial charge in [-0.25, -0.2) is 9.78 Å². The van der Waals surface area contributed by atoms with Gasteiger partial charge in [-0.05, 0) is 18.4 Å². The Morgan fingerprint density at radius 3 is 3.04 bits per heavy atom. The first kappa shape index (κ1) is 14.3. The third-order valence-corrected chi connectivity index (χ3v) is 5.03. The van der Waals surface area contributed by atoms with Gasteiger partial charge in [0.25, 0.3) is 0 Å². The number of hydrogen-bond donors (Lipinski definition) is 1. The van der Waals surface area contributed by atoms with Crippen LogP contribution in [0, 0.1) is 0 Å². The van der Waals surface area contributed by atoms with Gasteiger partial charge in [0.1, 0.15) is 5.00 Å². The summed E-state index contributed by atoms with van der Waals surface area (Å²) in [7, 11) is 0. The number of thiophene rings is 1. The highest BCUT2D eigenvalue weighted by atomic mass is 32.1. The minimum absolute atomic E-state index is 0.246. The normalized spacial score (nSPS) is 12.6. The van der Waals surface area contributed by atoms with Crippen LogP contribution in [-0.4, -0.2) is 24.4 Å². The minimum Gasteiger partial charge on any atom is -0.462 e. The van der Waals surface area contributed by atoms with Crippen LogP contribution in [0.3, 0.4) is 0 Å². The van der Waals surface area contributed by atoms with Crippen LogP contribution in [0.2, 0.25) is 0 Å². The molecule has 0 amide bonds. The second kappa shape index (κ2) is 5.71. The molecule has 23 heavy (non-hydrogen) atoms. The van der Waals surface area contributed by atoms with E-state index in [0.29, 0.717) is 23.1 Å². The average molecular weight is 348 g/mol. The number of nitrogens with one attached hydrogen (secondary N) is 1. The van der Waals surface area contributed by atoms with Crippen molar-refractivity contribution in [1.82, 2.24) is 4.98 Å². The topological polar surface area (TPSA) is 69.7 Å². The first-order valence-electron chi connectivity index (χ1n) is 6.96. The standard InChI is InChI=1S/C15H12N2O4S2/c1-2-19-14(18)8-3-4-22-13(8)17-15-16-9-5-10-11(21-7-20-10)6-12(9)23-15/h3-6H,2,7H2,1H3,(H,16,17). The van der Waals surface area contributed by atoms with Gasteiger partial charge in [0.05, 0.1) is 22.4 Å². The monoisotopic (exact) mass is 348 g/mol. The number of aromatic nitrogens is 1. The molecule has 3 heterocycles. The predicted molar refractivity (Wildman–Crippen MR) is 89.3 cm³/mol. The van der Waals surface area contributed by atoms with Crippen LogP contribution >= 0.6 is 22.7 Å². The smallest absolute Gasteiger partial charge is 0.341 e. The number of fused-ring (bicyclic) bond motifs is 2. The summed E-state index contributed by atoms with van der Waals surface area (Å²) in [5.74, 6) is 1.10. The Balaban J connectivity index is 1.64. The van der Waals surface area contributed by atoms with Crippen LogP contribution in [0.5, 0.6) is 11.5 Å². The van der Waals surface area contributed by atoms with E-state index < -0.39 is 0 Å². The van der Waals surface area contributed by atoms with Crippen molar-refractivity contribution in [3.05, 3.63) is 29.1 Å². The van der Waals surface area contributed by atoms with E-state index in [-0.39, 0.29) is 12.8 Å². The van der Waals surface area contributed by atoms with E-state index in [0.717, 1.165) is 21.0 Å². The quantitative estimate of drug-likeness (QED) is 0.719. The van der Waals surface area contributed by atoms with E-state index in [1.807, 2.05) is 17.5 Å². The molecule has 4 rings (SSSR count). The Bertz CT molecular complexity index is 846. The molecular weight excluding hydrogens is 336 g/mol. The van der Waals surface area contributed by atoms with E-state index in [2.05, 4.69) is 10.3 Å². The largest absolute Gasteiger partial charge is 0.462 e. The molecular formula is C15H12N2O4S2. The predicted octanol–water partition coefficient (Wildman–Crippen LogP) is 4.01. The maximum Gasteiger partial charge on any atom is 0.341 e. The number of carbonyl (C=O) groups excluding carboxylic acids is 1. The molecule has 0 saturated carbocycles. The van der Waals surface area contributed by atoms with Gasteiger partial charge in [0.15, 0.2) is 16.6 Å². The summed E-state index contributed by atoms with van der Waals surface area (Å²) in [4.78, 5) is 16.5. The molecule has 3 aromatic rings. The van der Waals surface area contributed by atoms with Crippen LogP contribution in [0.4, 0.5) is 10.1 Å². The first-order chi connectivity index (χ1) is 11.2. The van der Waals surface area contributed by atoms with Crippen LogP contribution in [-0.2, 0) is 4.74 Å². The van der Waals surface area contributed by atoms with Gasteiger partial charge < -0.3 is 19.5 Å². The van der Waals surface area contributed by atoms with Crippen molar-refractivity contribution >= 4 is 49.0 Å². The number of anilines is 2. The summed E-state index contributed by atoms with van der Waals surface area (Å²) >= 11 is 2.93. The summed E-state index contributed by atoms with van der Waals surface area (Å²) in [5.41, 5.74) is 1.35. The molecule has 1 aromatic carbocycles. The first-order valence-corrected chi connectivity index (χ1v) is 8.66. The fourth-order valence-corrected chi connectivity index (χ4v) is 3.96. The van der Waals surface area contributed by atoms with Gasteiger partial charge in [-0.1, -0.05) is 11.3 Å². The SMILES string of the molecule is CCOC(=O)c1ccsc1Nc1nc2cc3c(cc2s1)OCO3. The van der Waals surface area contributed by atoms with Crippen molar-refractivity contribution < 1.29 is 19.0 Å². The molecule has 0 saturated heterocycles. The molecule has 0 atom stereocenters. The van der Waals surface area contributed by atoms with E-state index >= 15 is 0 Å². The molecule has 6 nitrogen and oxygen atoms in total. The molecule has 0 spiro atoms. The minimum atomic E-state index is -0.335. The zero-order valence-electron chi connectivity index (χ0n) is 12.1. The van der Waals surface area contributed by atoms with Crippen molar-refractivity contribution in [2.75, 3.05) is 18.7 Å². The maximum atomic E-state index is 11.9. The van der Waals surface area contributed by atoms with Gasteiger partial charge in [-0.2, -0.15) is 0 Å². The van der Waals surface area contributed by atoms with E-state index in [9.17, 15) is 4.79 Å². The molecule has 1 N–H and O–H groups in total. The Hall–Kier alpha value is -2.32. The lowest BCUT2D eigenvalue weighted by atomic mass is 10.3. The molecule has 1 aliphatic heterocycles. The number of esters is 1. The lowest BCUT2D eigenvalue weighted by molar-refractivity contribution is 0.0528. The van der Waals surface area contributed by atoms with Crippen molar-refractivity contribution in [2.24, 2.45) is 0 Å². The Kier molecular flexibility index (Phi) is 3.55. The second-order valence-electron chi connectivity index (χ2n) is 4.70. The van der Waals surface area contributed by atoms with E-state index in [1.165, 1.54) is 22.7 Å². The summed E-state index contributed by atoms with van der Waals surface area (Å²) in [6.45, 7) is 2.38. The summed E-state index contributed by atoms with van der Waals surface area (Å²) in [6.07, 6.45) is 0. The molecule has 0 fully saturated rings. The van der Waals surface area contributed by atoms with Gasteiger partial charge >= 0.3 is 5.97 Å². The van der Waals surface area contributed by atoms with Gasteiger partial charge in [0.2, 0.25) is 6.79 Å². The third-order valence-electron chi connectivity index (χ3n) is 3.26. The van der Waals surface area contributed by atoms with Crippen LogP contribution in [0.1, 0.15) is 17.3 Å². The number of ether oxygens (including phenoxy) is 3. The number of rotatable bonds is 4. The van der Waals surface area contributed by atoms with Gasteiger partial charge in [0, 0.05) is 12.1 Å². The van der Waals surface area contributed by atoms with Crippen LogP contribution in [0.25, 0.3) is 10.2 Å². The maximum absolute atomic E-state index is 11.9. The molecule has 1 aliphatic rings. The van der Waals surface area contributed by atoms with Crippen molar-refractivity contribution in [1.29, 1.82) is 0 Å². The molecule has 8 heteroatoms. The zero-order valence-corrected chi connectivity index (χ0v) is 13.8. The van der Waals surface area contributed by atoms with E-state index in [1.54, 1.807) is 13.0 Å². The summed E-state index contributed by atoms with van der Waals surface area (Å²) in [5, 5.41) is 6.47. The summed E-state index contributed by atoms with van der Waals surface area (Å²) in [6, 6.07) is 5.52. The number of nitrogens with zero attached hydrogens (tertiary/aromatic N) is 1. The van der Waals surface area contributed by atoms with Gasteiger partial charge in [-0.15, -0.1) is 11.3 Å². The lowest BCUT2D eigenvalue weighted by Gasteiger charge is -2.03. The molecule has 118 valence electrons. The highest BCUT2D eigenvalue weighted by Gasteiger charge is 2.18. The van der Waals surface area contributed by atoms with Crippen LogP contribution < -0.4 is 14.8 Å². The molecule has 2 aromatic heterocycles. The van der Waals surface area contributed by atoms with Crippen molar-refractivity contribution in [3.8, 4) is 11.5 Å². The molecule has 0 bridgehead atoms. The molecule has 0 unspecified atom stereocenters. The molecule has 0 radical (unpaired) electrons. The highest BCUT2D eigenvalue weighted by molar-refractivity contribution is 7.22. The second-order valence-corrected chi connectivity index (χ2v) is 6.65. The highest BCUT2D eigenvalue weighted by Crippen LogP contribution is 2.40. The fourth-order valence-electron chi connectivity index (χ4n) is 2.24. The Morgan fingerprint density at radius 2 is 2.22 bits per heavy atom. The Morgan fingerprint density at radius 1 is 1.39 bits per heavy atom. The number of thiazole rings is 1. The summed E-state index contributed by atoms with van der Waals surface area (Å²) < 4.78 is 16.8.